The molecule has 0 aliphatic carbocycles. The summed E-state index contributed by atoms with van der Waals surface area (Å²) in [7, 11) is 6.11. The molecule has 0 amide bonds. The van der Waals surface area contributed by atoms with E-state index in [1.165, 1.54) is 96.3 Å². The Morgan fingerprint density at radius 2 is 0.966 bits per heavy atom. The molecule has 0 aromatic rings. The predicted molar refractivity (Wildman–Crippen MR) is 123 cm³/mol. The Hall–Kier alpha value is -0.280. The summed E-state index contributed by atoms with van der Waals surface area (Å²) in [6.45, 7) is 6.78. The van der Waals surface area contributed by atoms with Gasteiger partial charge in [-0.15, -0.1) is 0 Å². The monoisotopic (exact) mass is 433 g/mol. The number of nitrogens with zero attached hydrogens (tertiary/aromatic N) is 1. The van der Waals surface area contributed by atoms with Crippen LogP contribution in [0.4, 0.5) is 0 Å². The first kappa shape index (κ1) is 30.9. The highest BCUT2D eigenvalue weighted by molar-refractivity contribution is 5.78. The Morgan fingerprint density at radius 1 is 0.655 bits per heavy atom. The topological polar surface area (TPSA) is 26.3 Å². The number of esters is 1. The Morgan fingerprint density at radius 3 is 1.28 bits per heavy atom. The van der Waals surface area contributed by atoms with Crippen molar-refractivity contribution in [2.24, 2.45) is 0 Å². The Labute approximate surface area is 189 Å². The Kier molecular flexibility index (Phi) is 19.7. The second-order valence-electron chi connectivity index (χ2n) is 10.0. The van der Waals surface area contributed by atoms with Crippen molar-refractivity contribution in [1.29, 1.82) is 0 Å². The minimum absolute atomic E-state index is 0. The number of hydrogen-bond donors (Lipinski definition) is 0. The molecular formula is C25H52ClNO2. The van der Waals surface area contributed by atoms with Gasteiger partial charge in [-0.2, -0.15) is 0 Å². The van der Waals surface area contributed by atoms with Gasteiger partial charge in [0.25, 0.3) is 0 Å². The van der Waals surface area contributed by atoms with Gasteiger partial charge in [0.15, 0.2) is 5.54 Å². The average molecular weight is 434 g/mol. The van der Waals surface area contributed by atoms with Gasteiger partial charge in [0.1, 0.15) is 0 Å². The van der Waals surface area contributed by atoms with E-state index in [0.29, 0.717) is 11.1 Å². The Bertz CT molecular complexity index is 378. The number of carbonyl (C=O) groups excluding carboxylic acids is 1. The van der Waals surface area contributed by atoms with Crippen molar-refractivity contribution in [3.05, 3.63) is 0 Å². The zero-order valence-electron chi connectivity index (χ0n) is 20.7. The van der Waals surface area contributed by atoms with Gasteiger partial charge >= 0.3 is 5.97 Å². The number of hydrogen-bond acceptors (Lipinski definition) is 2. The van der Waals surface area contributed by atoms with E-state index in [-0.39, 0.29) is 18.4 Å². The number of ether oxygens (including phenoxy) is 1. The van der Waals surface area contributed by atoms with Crippen molar-refractivity contribution in [1.82, 2.24) is 0 Å². The molecule has 0 fully saturated rings. The van der Waals surface area contributed by atoms with Crippen molar-refractivity contribution in [2.45, 2.75) is 129 Å². The maximum atomic E-state index is 12.2. The zero-order valence-corrected chi connectivity index (χ0v) is 21.4. The van der Waals surface area contributed by atoms with Gasteiger partial charge in [0.05, 0.1) is 27.7 Å². The third-order valence-corrected chi connectivity index (χ3v) is 6.41. The number of likely N-dealkylation sites (N-methyl/N-ethyl adjacent to an activating group) is 1. The molecule has 176 valence electrons. The summed E-state index contributed by atoms with van der Waals surface area (Å²) in [6, 6.07) is 0. The van der Waals surface area contributed by atoms with Crippen LogP contribution in [-0.4, -0.2) is 43.7 Å². The van der Waals surface area contributed by atoms with Crippen LogP contribution in [0.5, 0.6) is 0 Å². The molecule has 0 radical (unpaired) electrons. The lowest BCUT2D eigenvalue weighted by molar-refractivity contribution is -0.909. The summed E-state index contributed by atoms with van der Waals surface area (Å²) in [4.78, 5) is 12.2. The molecule has 0 heterocycles. The Balaban J connectivity index is 0. The van der Waals surface area contributed by atoms with Gasteiger partial charge in [-0.05, 0) is 6.42 Å². The van der Waals surface area contributed by atoms with Crippen molar-refractivity contribution < 1.29 is 26.4 Å². The molecule has 4 heteroatoms. The van der Waals surface area contributed by atoms with Gasteiger partial charge in [-0.25, -0.2) is 4.79 Å². The third kappa shape index (κ3) is 16.1. The lowest BCUT2D eigenvalue weighted by atomic mass is 10.0. The second kappa shape index (κ2) is 18.5. The summed E-state index contributed by atoms with van der Waals surface area (Å²) in [6.07, 6.45) is 21.8. The smallest absolute Gasteiger partial charge is 0.367 e. The first-order valence-corrected chi connectivity index (χ1v) is 12.2. The van der Waals surface area contributed by atoms with Crippen molar-refractivity contribution in [3.63, 3.8) is 0 Å². The molecule has 29 heavy (non-hydrogen) atoms. The van der Waals surface area contributed by atoms with Gasteiger partial charge in [-0.3, -0.25) is 0 Å². The van der Waals surface area contributed by atoms with Crippen LogP contribution >= 0.6 is 0 Å². The largest absolute Gasteiger partial charge is 1.00 e. The van der Waals surface area contributed by atoms with Crippen LogP contribution < -0.4 is 12.4 Å². The predicted octanol–water partition coefficient (Wildman–Crippen LogP) is 4.28. The maximum Gasteiger partial charge on any atom is 0.367 e. The molecule has 0 aromatic carbocycles. The summed E-state index contributed by atoms with van der Waals surface area (Å²) in [5, 5.41) is 0. The van der Waals surface area contributed by atoms with Gasteiger partial charge in [0, 0.05) is 13.8 Å². The molecule has 0 N–H and O–H groups in total. The number of halogens is 1. The number of carbonyl (C=O) groups is 1. The number of rotatable bonds is 19. The lowest BCUT2D eigenvalue weighted by Crippen LogP contribution is -3.00. The summed E-state index contributed by atoms with van der Waals surface area (Å²) >= 11 is 0. The van der Waals surface area contributed by atoms with Gasteiger partial charge < -0.3 is 21.6 Å². The molecule has 0 aliphatic heterocycles. The fourth-order valence-electron chi connectivity index (χ4n) is 3.27. The van der Waals surface area contributed by atoms with E-state index in [4.69, 9.17) is 4.74 Å². The van der Waals surface area contributed by atoms with E-state index in [1.807, 2.05) is 35.0 Å². The molecule has 0 aliphatic rings. The average Bonchev–Trinajstić information content (AvgIpc) is 2.63. The van der Waals surface area contributed by atoms with Crippen LogP contribution in [0.3, 0.4) is 0 Å². The van der Waals surface area contributed by atoms with E-state index >= 15 is 0 Å². The summed E-state index contributed by atoms with van der Waals surface area (Å²) in [5.74, 6) is -0.0824. The van der Waals surface area contributed by atoms with Crippen LogP contribution in [0.15, 0.2) is 0 Å². The number of quaternary nitrogens is 1. The quantitative estimate of drug-likeness (QED) is 0.172. The molecule has 0 rings (SSSR count). The highest BCUT2D eigenvalue weighted by Gasteiger charge is 2.42. The summed E-state index contributed by atoms with van der Waals surface area (Å²) in [5.41, 5.74) is -0.491. The molecule has 0 saturated heterocycles. The van der Waals surface area contributed by atoms with Crippen LogP contribution in [0.1, 0.15) is 124 Å². The molecule has 0 spiro atoms. The normalized spacial score (nSPS) is 11.9. The van der Waals surface area contributed by atoms with Crippen molar-refractivity contribution >= 4 is 5.97 Å². The van der Waals surface area contributed by atoms with Gasteiger partial charge in [0.2, 0.25) is 0 Å². The second-order valence-corrected chi connectivity index (χ2v) is 10.0. The first-order chi connectivity index (χ1) is 13.2. The third-order valence-electron chi connectivity index (χ3n) is 6.41. The van der Waals surface area contributed by atoms with E-state index in [2.05, 4.69) is 6.92 Å². The fourth-order valence-corrected chi connectivity index (χ4v) is 3.27. The standard InChI is InChI=1S/C25H52NO2.ClH/c1-7-8-9-10-11-12-13-14-15-16-17-18-19-20-21-22-23-28-24(27)25(2,3)26(4,5)6;/h7-23H2,1-6H3;1H/q+1;/p-1. The minimum Gasteiger partial charge on any atom is -1.00 e. The van der Waals surface area contributed by atoms with Crippen LogP contribution in [0, 0.1) is 0 Å². The highest BCUT2D eigenvalue weighted by Crippen LogP contribution is 2.19. The molecule has 3 nitrogen and oxygen atoms in total. The van der Waals surface area contributed by atoms with Gasteiger partial charge in [-0.1, -0.05) is 103 Å². The molecule has 0 unspecified atom stereocenters. The molecule has 0 bridgehead atoms. The van der Waals surface area contributed by atoms with E-state index in [0.717, 1.165) is 6.42 Å². The molecular weight excluding hydrogens is 382 g/mol. The van der Waals surface area contributed by atoms with Crippen molar-refractivity contribution in [2.75, 3.05) is 27.7 Å². The van der Waals surface area contributed by atoms with Crippen LogP contribution in [-0.2, 0) is 9.53 Å². The SMILES string of the molecule is CCCCCCCCCCCCCCCCCCOC(=O)C(C)(C)[N+](C)(C)C.[Cl-]. The molecule has 0 atom stereocenters. The van der Waals surface area contributed by atoms with E-state index < -0.39 is 5.54 Å². The lowest BCUT2D eigenvalue weighted by Gasteiger charge is -2.38. The van der Waals surface area contributed by atoms with Crippen LogP contribution in [0.25, 0.3) is 0 Å². The number of unbranched alkanes of at least 4 members (excludes halogenated alkanes) is 15. The highest BCUT2D eigenvalue weighted by atomic mass is 35.5. The minimum atomic E-state index is -0.491. The zero-order chi connectivity index (χ0) is 21.3. The first-order valence-electron chi connectivity index (χ1n) is 12.2. The molecule has 0 saturated carbocycles. The van der Waals surface area contributed by atoms with E-state index in [9.17, 15) is 4.79 Å². The maximum absolute atomic E-state index is 12.2. The van der Waals surface area contributed by atoms with E-state index in [1.54, 1.807) is 0 Å². The fraction of sp³-hybridized carbons (Fsp3) is 0.960. The molecule has 0 aromatic heterocycles. The van der Waals surface area contributed by atoms with Crippen LogP contribution in [0.2, 0.25) is 0 Å². The van der Waals surface area contributed by atoms with Crippen molar-refractivity contribution in [3.8, 4) is 0 Å². The summed E-state index contributed by atoms with van der Waals surface area (Å²) < 4.78 is 6.09.